The van der Waals surface area contributed by atoms with Gasteiger partial charge in [-0.3, -0.25) is 9.48 Å². The molecule has 0 fully saturated rings. The van der Waals surface area contributed by atoms with Crippen LogP contribution in [0.5, 0.6) is 0 Å². The van der Waals surface area contributed by atoms with Gasteiger partial charge in [-0.2, -0.15) is 5.10 Å². The van der Waals surface area contributed by atoms with Gasteiger partial charge in [-0.05, 0) is 31.5 Å². The zero-order valence-electron chi connectivity index (χ0n) is 16.4. The van der Waals surface area contributed by atoms with Gasteiger partial charge in [0.2, 0.25) is 11.8 Å². The summed E-state index contributed by atoms with van der Waals surface area (Å²) in [4.78, 5) is 16.6. The first-order valence-corrected chi connectivity index (χ1v) is 9.48. The largest absolute Gasteiger partial charge is 0.437 e. The molecule has 1 N–H and O–H groups in total. The van der Waals surface area contributed by atoms with E-state index in [1.54, 1.807) is 6.08 Å². The monoisotopic (exact) mass is 386 g/mol. The summed E-state index contributed by atoms with van der Waals surface area (Å²) in [5, 5.41) is 7.54. The van der Waals surface area contributed by atoms with Crippen molar-refractivity contribution in [1.29, 1.82) is 0 Å². The van der Waals surface area contributed by atoms with Crippen molar-refractivity contribution in [2.24, 2.45) is 0 Å². The van der Waals surface area contributed by atoms with Crippen LogP contribution < -0.4 is 5.32 Å². The number of para-hydroxylation sites is 2. The molecule has 0 atom stereocenters. The molecule has 6 heteroatoms. The van der Waals surface area contributed by atoms with Gasteiger partial charge in [0.25, 0.3) is 0 Å². The van der Waals surface area contributed by atoms with Gasteiger partial charge in [0.05, 0.1) is 12.2 Å². The number of hydrogen-bond acceptors (Lipinski definition) is 4. The lowest BCUT2D eigenvalue weighted by Crippen LogP contribution is -2.21. The third-order valence-electron chi connectivity index (χ3n) is 4.83. The molecule has 0 aliphatic heterocycles. The van der Waals surface area contributed by atoms with Crippen LogP contribution in [0.1, 0.15) is 28.4 Å². The van der Waals surface area contributed by atoms with E-state index in [2.05, 4.69) is 27.5 Å². The highest BCUT2D eigenvalue weighted by molar-refractivity contribution is 5.91. The highest BCUT2D eigenvalue weighted by Crippen LogP contribution is 2.16. The molecular formula is C23H22N4O2. The van der Waals surface area contributed by atoms with Crippen LogP contribution in [0.15, 0.2) is 65.1 Å². The van der Waals surface area contributed by atoms with Crippen LogP contribution in [0.25, 0.3) is 17.2 Å². The Labute approximate surface area is 168 Å². The fourth-order valence-electron chi connectivity index (χ4n) is 3.24. The third-order valence-corrected chi connectivity index (χ3v) is 4.83. The number of hydrogen-bond donors (Lipinski definition) is 1. The Bertz CT molecular complexity index is 1140. The number of carbonyl (C=O) groups is 1. The second-order valence-corrected chi connectivity index (χ2v) is 6.86. The van der Waals surface area contributed by atoms with Gasteiger partial charge in [0, 0.05) is 30.0 Å². The Kier molecular flexibility index (Phi) is 5.24. The first-order chi connectivity index (χ1) is 14.1. The van der Waals surface area contributed by atoms with Crippen LogP contribution in [0.4, 0.5) is 0 Å². The van der Waals surface area contributed by atoms with Gasteiger partial charge in [-0.25, -0.2) is 4.98 Å². The molecular weight excluding hydrogens is 364 g/mol. The number of amides is 1. The molecule has 2 aromatic heterocycles. The lowest BCUT2D eigenvalue weighted by molar-refractivity contribution is -0.116. The van der Waals surface area contributed by atoms with Crippen molar-refractivity contribution in [3.8, 4) is 0 Å². The minimum atomic E-state index is -0.207. The number of fused-ring (bicyclic) bond motifs is 1. The molecule has 4 aromatic rings. The number of benzene rings is 2. The number of nitrogens with zero attached hydrogens (tertiary/aromatic N) is 3. The second-order valence-electron chi connectivity index (χ2n) is 6.86. The molecule has 0 spiro atoms. The van der Waals surface area contributed by atoms with E-state index in [-0.39, 0.29) is 5.91 Å². The van der Waals surface area contributed by atoms with Gasteiger partial charge >= 0.3 is 0 Å². The summed E-state index contributed by atoms with van der Waals surface area (Å²) < 4.78 is 7.56. The predicted molar refractivity (Wildman–Crippen MR) is 112 cm³/mol. The summed E-state index contributed by atoms with van der Waals surface area (Å²) in [6.07, 6.45) is 3.01. The quantitative estimate of drug-likeness (QED) is 0.508. The zero-order valence-corrected chi connectivity index (χ0v) is 16.4. The Balaban J connectivity index is 1.40. The number of carbonyl (C=O) groups excluding carboxylic acids is 1. The fraction of sp³-hybridized carbons (Fsp3) is 0.174. The molecule has 6 nitrogen and oxygen atoms in total. The summed E-state index contributed by atoms with van der Waals surface area (Å²) in [7, 11) is 0. The summed E-state index contributed by atoms with van der Waals surface area (Å²) in [5.74, 6) is 0.200. The number of oxazole rings is 1. The molecule has 0 unspecified atom stereocenters. The van der Waals surface area contributed by atoms with E-state index in [0.29, 0.717) is 24.6 Å². The van der Waals surface area contributed by atoms with Crippen molar-refractivity contribution in [1.82, 2.24) is 20.1 Å². The van der Waals surface area contributed by atoms with Crippen LogP contribution in [0.3, 0.4) is 0 Å². The molecule has 0 saturated heterocycles. The minimum Gasteiger partial charge on any atom is -0.437 e. The third kappa shape index (κ3) is 4.27. The van der Waals surface area contributed by atoms with Crippen LogP contribution in [-0.2, 0) is 17.9 Å². The summed E-state index contributed by atoms with van der Waals surface area (Å²) in [6.45, 7) is 5.12. The molecule has 1 amide bonds. The lowest BCUT2D eigenvalue weighted by atomic mass is 10.2. The van der Waals surface area contributed by atoms with Gasteiger partial charge < -0.3 is 9.73 Å². The molecule has 0 saturated carbocycles. The molecule has 0 bridgehead atoms. The van der Waals surface area contributed by atoms with E-state index in [4.69, 9.17) is 4.42 Å². The predicted octanol–water partition coefficient (Wildman–Crippen LogP) is 4.02. The van der Waals surface area contributed by atoms with Crippen LogP contribution in [-0.4, -0.2) is 20.7 Å². The van der Waals surface area contributed by atoms with E-state index in [1.807, 2.05) is 61.0 Å². The molecule has 0 radical (unpaired) electrons. The van der Waals surface area contributed by atoms with Gasteiger partial charge in [0.15, 0.2) is 5.58 Å². The lowest BCUT2D eigenvalue weighted by Gasteiger charge is -2.06. The Morgan fingerprint density at radius 3 is 2.66 bits per heavy atom. The first kappa shape index (κ1) is 18.7. The zero-order chi connectivity index (χ0) is 20.2. The van der Waals surface area contributed by atoms with Crippen LogP contribution >= 0.6 is 0 Å². The van der Waals surface area contributed by atoms with E-state index in [0.717, 1.165) is 22.5 Å². The molecule has 4 rings (SSSR count). The number of nitrogens with one attached hydrogen (secondary N) is 1. The summed E-state index contributed by atoms with van der Waals surface area (Å²) in [5.41, 5.74) is 5.66. The maximum absolute atomic E-state index is 12.2. The van der Waals surface area contributed by atoms with Crippen molar-refractivity contribution in [3.05, 3.63) is 89.1 Å². The molecule has 29 heavy (non-hydrogen) atoms. The Hall–Kier alpha value is -3.67. The highest BCUT2D eigenvalue weighted by atomic mass is 16.3. The normalized spacial score (nSPS) is 11.4. The maximum Gasteiger partial charge on any atom is 0.244 e. The highest BCUT2D eigenvalue weighted by Gasteiger charge is 2.12. The fourth-order valence-corrected chi connectivity index (χ4v) is 3.24. The molecule has 0 aliphatic carbocycles. The molecule has 146 valence electrons. The first-order valence-electron chi connectivity index (χ1n) is 9.48. The van der Waals surface area contributed by atoms with Crippen LogP contribution in [0, 0.1) is 13.8 Å². The number of aryl methyl sites for hydroxylation is 1. The average Bonchev–Trinajstić information content (AvgIpc) is 3.26. The minimum absolute atomic E-state index is 0.207. The number of aromatic nitrogens is 3. The summed E-state index contributed by atoms with van der Waals surface area (Å²) in [6, 6.07) is 17.7. The molecule has 2 aromatic carbocycles. The van der Waals surface area contributed by atoms with E-state index in [9.17, 15) is 4.79 Å². The van der Waals surface area contributed by atoms with E-state index >= 15 is 0 Å². The van der Waals surface area contributed by atoms with E-state index in [1.165, 1.54) is 11.6 Å². The summed E-state index contributed by atoms with van der Waals surface area (Å²) >= 11 is 0. The van der Waals surface area contributed by atoms with Crippen molar-refractivity contribution in [2.45, 2.75) is 26.9 Å². The number of rotatable bonds is 6. The topological polar surface area (TPSA) is 73.0 Å². The standard InChI is InChI=1S/C23H22N4O2/c1-16-19(17(2)27(26-16)15-18-8-4-3-5-9-18)14-24-22(28)12-13-23-25-20-10-6-7-11-21(20)29-23/h3-13H,14-15H2,1-2H3,(H,24,28)/b13-12+. The van der Waals surface area contributed by atoms with Crippen molar-refractivity contribution in [2.75, 3.05) is 0 Å². The van der Waals surface area contributed by atoms with Crippen molar-refractivity contribution >= 4 is 23.1 Å². The van der Waals surface area contributed by atoms with Crippen molar-refractivity contribution in [3.63, 3.8) is 0 Å². The maximum atomic E-state index is 12.2. The Morgan fingerprint density at radius 2 is 1.86 bits per heavy atom. The molecule has 0 aliphatic rings. The average molecular weight is 386 g/mol. The van der Waals surface area contributed by atoms with Gasteiger partial charge in [-0.15, -0.1) is 0 Å². The smallest absolute Gasteiger partial charge is 0.244 e. The SMILES string of the molecule is Cc1nn(Cc2ccccc2)c(C)c1CNC(=O)/C=C/c1nc2ccccc2o1. The second kappa shape index (κ2) is 8.14. The Morgan fingerprint density at radius 1 is 1.10 bits per heavy atom. The van der Waals surface area contributed by atoms with E-state index < -0.39 is 0 Å². The molecule has 2 heterocycles. The van der Waals surface area contributed by atoms with Gasteiger partial charge in [-0.1, -0.05) is 42.5 Å². The van der Waals surface area contributed by atoms with Crippen molar-refractivity contribution < 1.29 is 9.21 Å². The van der Waals surface area contributed by atoms with Crippen LogP contribution in [0.2, 0.25) is 0 Å². The van der Waals surface area contributed by atoms with Gasteiger partial charge in [0.1, 0.15) is 5.52 Å².